The van der Waals surface area contributed by atoms with Gasteiger partial charge in [0.25, 0.3) is 0 Å². The summed E-state index contributed by atoms with van der Waals surface area (Å²) in [6.07, 6.45) is 14.0. The van der Waals surface area contributed by atoms with Gasteiger partial charge in [0.15, 0.2) is 0 Å². The van der Waals surface area contributed by atoms with Crippen molar-refractivity contribution in [1.82, 2.24) is 0 Å². The van der Waals surface area contributed by atoms with Crippen LogP contribution in [0.2, 0.25) is 0 Å². The summed E-state index contributed by atoms with van der Waals surface area (Å²) in [6.45, 7) is 6.02. The van der Waals surface area contributed by atoms with Crippen LogP contribution >= 0.6 is 11.3 Å². The Bertz CT molecular complexity index is 1050. The molecule has 1 nitrogen and oxygen atoms in total. The van der Waals surface area contributed by atoms with E-state index in [2.05, 4.69) is 97.7 Å². The number of hydrogen-bond donors (Lipinski definition) is 1. The van der Waals surface area contributed by atoms with Crippen LogP contribution in [-0.4, -0.2) is 6.04 Å². The van der Waals surface area contributed by atoms with Crippen molar-refractivity contribution in [2.24, 2.45) is 0 Å². The van der Waals surface area contributed by atoms with E-state index in [1.807, 2.05) is 6.08 Å². The fourth-order valence-corrected chi connectivity index (χ4v) is 4.52. The largest absolute Gasteiger partial charge is 0.379 e. The summed E-state index contributed by atoms with van der Waals surface area (Å²) in [5.74, 6) is 0. The van der Waals surface area contributed by atoms with E-state index in [4.69, 9.17) is 0 Å². The van der Waals surface area contributed by atoms with Crippen LogP contribution in [0.5, 0.6) is 0 Å². The molecule has 27 heavy (non-hydrogen) atoms. The van der Waals surface area contributed by atoms with E-state index in [1.54, 1.807) is 11.3 Å². The number of anilines is 1. The molecule has 2 heteroatoms. The second-order valence-corrected chi connectivity index (χ2v) is 7.75. The minimum Gasteiger partial charge on any atom is -0.379 e. The van der Waals surface area contributed by atoms with E-state index >= 15 is 0 Å². The zero-order valence-corrected chi connectivity index (χ0v) is 16.3. The van der Waals surface area contributed by atoms with Gasteiger partial charge in [-0.1, -0.05) is 73.4 Å². The highest BCUT2D eigenvalue weighted by molar-refractivity contribution is 7.20. The molecule has 1 heterocycles. The molecule has 2 aromatic carbocycles. The van der Waals surface area contributed by atoms with Crippen LogP contribution in [0.1, 0.15) is 29.3 Å². The molecule has 0 spiro atoms. The first-order valence-corrected chi connectivity index (χ1v) is 10.1. The average molecular weight is 370 g/mol. The fourth-order valence-electron chi connectivity index (χ4n) is 3.50. The lowest BCUT2D eigenvalue weighted by Gasteiger charge is -2.19. The molecule has 1 atom stereocenters. The summed E-state index contributed by atoms with van der Waals surface area (Å²) < 4.78 is 1.30. The monoisotopic (exact) mass is 369 g/mol. The molecule has 0 radical (unpaired) electrons. The van der Waals surface area contributed by atoms with Crippen molar-refractivity contribution in [1.29, 1.82) is 0 Å². The Morgan fingerprint density at radius 3 is 2.70 bits per heavy atom. The maximum atomic E-state index is 3.96. The lowest BCUT2D eigenvalue weighted by Crippen LogP contribution is -2.17. The summed E-state index contributed by atoms with van der Waals surface area (Å²) in [7, 11) is 0. The van der Waals surface area contributed by atoms with Gasteiger partial charge < -0.3 is 5.32 Å². The van der Waals surface area contributed by atoms with Gasteiger partial charge in [0.2, 0.25) is 0 Å². The Balaban J connectivity index is 1.54. The summed E-state index contributed by atoms with van der Waals surface area (Å²) in [5.41, 5.74) is 5.00. The maximum absolute atomic E-state index is 3.96. The predicted octanol–water partition coefficient (Wildman–Crippen LogP) is 7.40. The van der Waals surface area contributed by atoms with Crippen LogP contribution < -0.4 is 5.32 Å². The van der Waals surface area contributed by atoms with Gasteiger partial charge in [-0.2, -0.15) is 0 Å². The second kappa shape index (κ2) is 7.81. The van der Waals surface area contributed by atoms with Gasteiger partial charge in [-0.05, 0) is 42.7 Å². The Hall–Kier alpha value is -2.84. The molecule has 0 amide bonds. The average Bonchev–Trinajstić information content (AvgIpc) is 3.07. The first-order valence-electron chi connectivity index (χ1n) is 9.30. The summed E-state index contributed by atoms with van der Waals surface area (Å²) >= 11 is 1.80. The van der Waals surface area contributed by atoms with Gasteiger partial charge in [0.05, 0.1) is 0 Å². The van der Waals surface area contributed by atoms with E-state index in [0.29, 0.717) is 6.04 Å². The standard InChI is InChI=1S/C25H23NS/c1-3-8-22-23-17-21(15-16-25(23)27-24(22)4-2)26-20-13-11-19(12-14-20)18-9-6-5-7-10-18/h3-13,15-17,20,26H,2,14H2,1H3/b8-3-. The van der Waals surface area contributed by atoms with Crippen LogP contribution in [0, 0.1) is 0 Å². The molecule has 4 rings (SSSR count). The Labute approximate surface area is 165 Å². The number of allylic oxidation sites excluding steroid dienone is 3. The molecule has 1 aliphatic carbocycles. The normalized spacial score (nSPS) is 16.6. The van der Waals surface area contributed by atoms with Crippen LogP contribution in [0.15, 0.2) is 79.4 Å². The van der Waals surface area contributed by atoms with E-state index in [9.17, 15) is 0 Å². The molecule has 134 valence electrons. The van der Waals surface area contributed by atoms with Gasteiger partial charge in [0, 0.05) is 32.3 Å². The molecule has 1 N–H and O–H groups in total. The van der Waals surface area contributed by atoms with Crippen molar-refractivity contribution in [2.75, 3.05) is 5.32 Å². The van der Waals surface area contributed by atoms with E-state index in [1.165, 1.54) is 31.7 Å². The Kier molecular flexibility index (Phi) is 5.08. The van der Waals surface area contributed by atoms with Crippen LogP contribution in [0.25, 0.3) is 27.8 Å². The Morgan fingerprint density at radius 2 is 2.00 bits per heavy atom. The molecule has 1 aliphatic rings. The third kappa shape index (κ3) is 3.67. The molecule has 1 aromatic heterocycles. The summed E-state index contributed by atoms with van der Waals surface area (Å²) in [4.78, 5) is 1.23. The molecule has 3 aromatic rings. The Morgan fingerprint density at radius 1 is 1.15 bits per heavy atom. The predicted molar refractivity (Wildman–Crippen MR) is 122 cm³/mol. The highest BCUT2D eigenvalue weighted by atomic mass is 32.1. The molecule has 0 fully saturated rings. The van der Waals surface area contributed by atoms with E-state index < -0.39 is 0 Å². The van der Waals surface area contributed by atoms with E-state index in [0.717, 1.165) is 12.1 Å². The minimum absolute atomic E-state index is 0.317. The van der Waals surface area contributed by atoms with Crippen LogP contribution in [0.4, 0.5) is 5.69 Å². The van der Waals surface area contributed by atoms with Crippen LogP contribution in [-0.2, 0) is 0 Å². The van der Waals surface area contributed by atoms with Crippen LogP contribution in [0.3, 0.4) is 0 Å². The van der Waals surface area contributed by atoms with Crippen molar-refractivity contribution in [3.8, 4) is 0 Å². The van der Waals surface area contributed by atoms with Gasteiger partial charge in [-0.15, -0.1) is 11.3 Å². The first kappa shape index (κ1) is 17.6. The quantitative estimate of drug-likeness (QED) is 0.494. The first-order chi connectivity index (χ1) is 13.3. The minimum atomic E-state index is 0.317. The number of rotatable bonds is 5. The van der Waals surface area contributed by atoms with Gasteiger partial charge >= 0.3 is 0 Å². The zero-order chi connectivity index (χ0) is 18.6. The number of fused-ring (bicyclic) bond motifs is 1. The second-order valence-electron chi connectivity index (χ2n) is 6.67. The number of hydrogen-bond acceptors (Lipinski definition) is 2. The fraction of sp³-hybridized carbons (Fsp3) is 0.120. The number of nitrogens with one attached hydrogen (secondary N) is 1. The van der Waals surface area contributed by atoms with Gasteiger partial charge in [-0.3, -0.25) is 0 Å². The molecule has 0 aliphatic heterocycles. The summed E-state index contributed by atoms with van der Waals surface area (Å²) in [6, 6.07) is 17.5. The van der Waals surface area contributed by atoms with Gasteiger partial charge in [0.1, 0.15) is 0 Å². The van der Waals surface area contributed by atoms with Crippen molar-refractivity contribution in [3.05, 3.63) is 95.4 Å². The smallest absolute Gasteiger partial charge is 0.0482 e. The number of benzene rings is 2. The zero-order valence-electron chi connectivity index (χ0n) is 15.5. The molecular formula is C25H23NS. The highest BCUT2D eigenvalue weighted by Gasteiger charge is 2.12. The molecule has 0 saturated heterocycles. The number of thiophene rings is 1. The highest BCUT2D eigenvalue weighted by Crippen LogP contribution is 2.35. The van der Waals surface area contributed by atoms with E-state index in [-0.39, 0.29) is 0 Å². The lowest BCUT2D eigenvalue weighted by atomic mass is 9.97. The van der Waals surface area contributed by atoms with Crippen molar-refractivity contribution >= 4 is 44.8 Å². The third-order valence-electron chi connectivity index (χ3n) is 4.83. The van der Waals surface area contributed by atoms with Crippen molar-refractivity contribution < 1.29 is 0 Å². The van der Waals surface area contributed by atoms with Crippen molar-refractivity contribution in [2.45, 2.75) is 19.4 Å². The molecular weight excluding hydrogens is 346 g/mol. The SMILES string of the molecule is C=Cc1sc2ccc(NC3C=CC(c4ccccc4)=CC3)cc2c1/C=C\C. The van der Waals surface area contributed by atoms with Crippen molar-refractivity contribution in [3.63, 3.8) is 0 Å². The molecule has 1 unspecified atom stereocenters. The van der Waals surface area contributed by atoms with Gasteiger partial charge in [-0.25, -0.2) is 0 Å². The maximum Gasteiger partial charge on any atom is 0.0482 e. The molecule has 0 saturated carbocycles. The third-order valence-corrected chi connectivity index (χ3v) is 6.02. The molecule has 0 bridgehead atoms. The summed E-state index contributed by atoms with van der Waals surface area (Å²) in [5, 5.41) is 4.96. The topological polar surface area (TPSA) is 12.0 Å². The lowest BCUT2D eigenvalue weighted by molar-refractivity contribution is 0.886.